The number of halogens is 4. The number of sulfone groups is 1. The van der Waals surface area contributed by atoms with Gasteiger partial charge < -0.3 is 16.2 Å². The standard InChI is InChI=1S/C24H21F4N5O4S/c1-12(2)11-37-15-9-13(8-14(25)10-15)17-7-6-16(21(30)34)22-32-20(24(26,27)28)23(33(17)22)38(35,36)19-5-3-4-18(29)31-19/h3-10,12H,11H2,1-2H3,(H2,29,31)(H2,30,34). The number of pyridine rings is 2. The minimum Gasteiger partial charge on any atom is -0.493 e. The Labute approximate surface area is 214 Å². The van der Waals surface area contributed by atoms with Crippen molar-refractivity contribution in [2.24, 2.45) is 11.7 Å². The average molecular weight is 552 g/mol. The number of primary amides is 1. The summed E-state index contributed by atoms with van der Waals surface area (Å²) in [7, 11) is -5.06. The Balaban J connectivity index is 2.14. The van der Waals surface area contributed by atoms with Crippen molar-refractivity contribution in [3.8, 4) is 17.0 Å². The number of nitrogens with two attached hydrogens (primary N) is 2. The first-order valence-electron chi connectivity index (χ1n) is 11.0. The molecule has 1 aromatic carbocycles. The molecule has 0 fully saturated rings. The molecule has 0 bridgehead atoms. The van der Waals surface area contributed by atoms with E-state index in [-0.39, 0.29) is 35.3 Å². The van der Waals surface area contributed by atoms with E-state index >= 15 is 0 Å². The number of carbonyl (C=O) groups is 1. The van der Waals surface area contributed by atoms with Crippen LogP contribution in [0.4, 0.5) is 23.4 Å². The molecule has 0 saturated heterocycles. The van der Waals surface area contributed by atoms with Gasteiger partial charge in [-0.1, -0.05) is 19.9 Å². The Morgan fingerprint density at radius 2 is 1.82 bits per heavy atom. The molecule has 0 saturated carbocycles. The minimum atomic E-state index is -5.28. The van der Waals surface area contributed by atoms with Crippen LogP contribution in [0.2, 0.25) is 0 Å². The number of alkyl halides is 3. The van der Waals surface area contributed by atoms with Crippen molar-refractivity contribution in [1.82, 2.24) is 14.4 Å². The summed E-state index contributed by atoms with van der Waals surface area (Å²) in [5.74, 6) is -2.09. The Kier molecular flexibility index (Phi) is 6.78. The molecule has 4 N–H and O–H groups in total. The smallest absolute Gasteiger partial charge is 0.436 e. The van der Waals surface area contributed by atoms with E-state index in [1.807, 2.05) is 13.8 Å². The van der Waals surface area contributed by atoms with Gasteiger partial charge in [0.05, 0.1) is 17.9 Å². The van der Waals surface area contributed by atoms with E-state index in [9.17, 15) is 30.8 Å². The Morgan fingerprint density at radius 1 is 1.11 bits per heavy atom. The normalized spacial score (nSPS) is 12.3. The molecule has 38 heavy (non-hydrogen) atoms. The number of imidazole rings is 1. The van der Waals surface area contributed by atoms with Crippen LogP contribution in [0, 0.1) is 11.7 Å². The average Bonchev–Trinajstić information content (AvgIpc) is 3.24. The topological polar surface area (TPSA) is 143 Å². The molecule has 4 aromatic rings. The number of aromatic nitrogens is 3. The highest BCUT2D eigenvalue weighted by molar-refractivity contribution is 7.91. The van der Waals surface area contributed by atoms with Gasteiger partial charge in [0.25, 0.3) is 5.91 Å². The van der Waals surface area contributed by atoms with Crippen molar-refractivity contribution in [3.05, 3.63) is 65.6 Å². The lowest BCUT2D eigenvalue weighted by Gasteiger charge is -2.15. The van der Waals surface area contributed by atoms with E-state index in [1.165, 1.54) is 18.2 Å². The number of fused-ring (bicyclic) bond motifs is 1. The Bertz CT molecular complexity index is 1670. The van der Waals surface area contributed by atoms with Crippen LogP contribution in [0.15, 0.2) is 58.6 Å². The van der Waals surface area contributed by atoms with E-state index in [0.29, 0.717) is 4.40 Å². The summed E-state index contributed by atoms with van der Waals surface area (Å²) in [5, 5.41) is -2.13. The number of amides is 1. The number of nitrogen functional groups attached to an aromatic ring is 1. The molecule has 0 unspecified atom stereocenters. The summed E-state index contributed by atoms with van der Waals surface area (Å²) in [6.07, 6.45) is -5.28. The number of carbonyl (C=O) groups excluding carboxylic acids is 1. The molecule has 0 radical (unpaired) electrons. The van der Waals surface area contributed by atoms with Gasteiger partial charge >= 0.3 is 6.18 Å². The summed E-state index contributed by atoms with van der Waals surface area (Å²) in [5.41, 5.74) is 7.65. The third-order valence-electron chi connectivity index (χ3n) is 5.28. The zero-order valence-corrected chi connectivity index (χ0v) is 20.8. The van der Waals surface area contributed by atoms with Gasteiger partial charge in [0.15, 0.2) is 21.4 Å². The SMILES string of the molecule is CC(C)COc1cc(F)cc(-c2ccc(C(N)=O)c3nc(C(F)(F)F)c(S(=O)(=O)c4cccc(N)n4)n23)c1. The van der Waals surface area contributed by atoms with E-state index in [1.54, 1.807) is 0 Å². The van der Waals surface area contributed by atoms with Crippen molar-refractivity contribution in [3.63, 3.8) is 0 Å². The first kappa shape index (κ1) is 26.9. The number of nitrogens with zero attached hydrogens (tertiary/aromatic N) is 3. The fraction of sp³-hybridized carbons (Fsp3) is 0.208. The summed E-state index contributed by atoms with van der Waals surface area (Å²) in [4.78, 5) is 19.2. The zero-order chi connectivity index (χ0) is 28.0. The van der Waals surface area contributed by atoms with Crippen LogP contribution in [0.25, 0.3) is 16.9 Å². The molecule has 9 nitrogen and oxygen atoms in total. The molecular formula is C24H21F4N5O4S. The second kappa shape index (κ2) is 9.59. The highest BCUT2D eigenvalue weighted by Crippen LogP contribution is 2.39. The minimum absolute atomic E-state index is 0.0483. The molecule has 0 spiro atoms. The van der Waals surface area contributed by atoms with Crippen LogP contribution in [0.5, 0.6) is 5.75 Å². The predicted molar refractivity (Wildman–Crippen MR) is 129 cm³/mol. The third-order valence-corrected chi connectivity index (χ3v) is 6.95. The van der Waals surface area contributed by atoms with Crippen LogP contribution in [-0.2, 0) is 16.0 Å². The van der Waals surface area contributed by atoms with Crippen molar-refractivity contribution in [2.75, 3.05) is 12.3 Å². The van der Waals surface area contributed by atoms with Crippen LogP contribution < -0.4 is 16.2 Å². The van der Waals surface area contributed by atoms with Gasteiger partial charge in [0, 0.05) is 11.6 Å². The molecule has 1 amide bonds. The number of ether oxygens (including phenoxy) is 1. The highest BCUT2D eigenvalue weighted by atomic mass is 32.2. The van der Waals surface area contributed by atoms with Crippen molar-refractivity contribution in [1.29, 1.82) is 0 Å². The quantitative estimate of drug-likeness (QED) is 0.329. The van der Waals surface area contributed by atoms with Crippen molar-refractivity contribution in [2.45, 2.75) is 30.1 Å². The maximum atomic E-state index is 14.6. The monoisotopic (exact) mass is 551 g/mol. The second-order valence-corrected chi connectivity index (χ2v) is 10.5. The molecule has 0 aliphatic carbocycles. The maximum Gasteiger partial charge on any atom is 0.436 e. The van der Waals surface area contributed by atoms with Gasteiger partial charge in [-0.15, -0.1) is 0 Å². The molecule has 0 aliphatic heterocycles. The van der Waals surface area contributed by atoms with E-state index in [2.05, 4.69) is 9.97 Å². The molecule has 0 atom stereocenters. The van der Waals surface area contributed by atoms with Gasteiger partial charge in [-0.05, 0) is 42.3 Å². The number of rotatable bonds is 7. The van der Waals surface area contributed by atoms with Crippen LogP contribution in [-0.4, -0.2) is 35.3 Å². The van der Waals surface area contributed by atoms with Gasteiger partial charge in [-0.25, -0.2) is 22.8 Å². The number of hydrogen-bond donors (Lipinski definition) is 2. The molecule has 14 heteroatoms. The van der Waals surface area contributed by atoms with Gasteiger partial charge in [0.1, 0.15) is 17.4 Å². The van der Waals surface area contributed by atoms with Crippen LogP contribution >= 0.6 is 0 Å². The Morgan fingerprint density at radius 3 is 2.42 bits per heavy atom. The molecular weight excluding hydrogens is 530 g/mol. The van der Waals surface area contributed by atoms with Crippen molar-refractivity contribution >= 4 is 27.2 Å². The van der Waals surface area contributed by atoms with Gasteiger partial charge in [-0.2, -0.15) is 13.2 Å². The molecule has 4 rings (SSSR count). The summed E-state index contributed by atoms with van der Waals surface area (Å²) < 4.78 is 90.6. The fourth-order valence-electron chi connectivity index (χ4n) is 3.71. The van der Waals surface area contributed by atoms with E-state index in [4.69, 9.17) is 16.2 Å². The maximum absolute atomic E-state index is 14.6. The van der Waals surface area contributed by atoms with Crippen LogP contribution in [0.1, 0.15) is 29.9 Å². The second-order valence-electron chi connectivity index (χ2n) is 8.70. The third kappa shape index (κ3) is 4.98. The number of benzene rings is 1. The first-order valence-corrected chi connectivity index (χ1v) is 12.5. The Hall–Kier alpha value is -4.20. The summed E-state index contributed by atoms with van der Waals surface area (Å²) in [6, 6.07) is 9.01. The molecule has 3 heterocycles. The van der Waals surface area contributed by atoms with Crippen LogP contribution in [0.3, 0.4) is 0 Å². The van der Waals surface area contributed by atoms with Gasteiger partial charge in [-0.3, -0.25) is 9.20 Å². The zero-order valence-electron chi connectivity index (χ0n) is 20.0. The van der Waals surface area contributed by atoms with Gasteiger partial charge in [0.2, 0.25) is 9.84 Å². The van der Waals surface area contributed by atoms with Crippen molar-refractivity contribution < 1.29 is 35.5 Å². The largest absolute Gasteiger partial charge is 0.493 e. The van der Waals surface area contributed by atoms with E-state index in [0.717, 1.165) is 30.3 Å². The highest BCUT2D eigenvalue weighted by Gasteiger charge is 2.44. The van der Waals surface area contributed by atoms with E-state index < -0.39 is 54.7 Å². The summed E-state index contributed by atoms with van der Waals surface area (Å²) in [6.45, 7) is 3.93. The first-order chi connectivity index (χ1) is 17.7. The lowest BCUT2D eigenvalue weighted by molar-refractivity contribution is -0.143. The molecule has 0 aliphatic rings. The summed E-state index contributed by atoms with van der Waals surface area (Å²) >= 11 is 0. The molecule has 3 aromatic heterocycles. The number of anilines is 1. The lowest BCUT2D eigenvalue weighted by Crippen LogP contribution is -2.17. The number of hydrogen-bond acceptors (Lipinski definition) is 7. The lowest BCUT2D eigenvalue weighted by atomic mass is 10.1. The fourth-order valence-corrected chi connectivity index (χ4v) is 5.23. The molecule has 200 valence electrons. The predicted octanol–water partition coefficient (Wildman–Crippen LogP) is 4.10.